The summed E-state index contributed by atoms with van der Waals surface area (Å²) in [5.41, 5.74) is 0.00571. The number of guanidine groups is 1. The minimum absolute atomic E-state index is 0.00571. The van der Waals surface area contributed by atoms with Crippen LogP contribution in [0.2, 0.25) is 0 Å². The molecule has 1 amide bonds. The first-order valence-corrected chi connectivity index (χ1v) is 9.58. The number of carbonyl (C=O) groups is 1. The molecule has 0 unspecified atom stereocenters. The largest absolute Gasteiger partial charge is 0.379 e. The molecule has 1 heterocycles. The van der Waals surface area contributed by atoms with E-state index in [0.29, 0.717) is 12.0 Å². The van der Waals surface area contributed by atoms with Crippen molar-refractivity contribution in [2.45, 2.75) is 57.5 Å². The molecule has 0 atom stereocenters. The fourth-order valence-electron chi connectivity index (χ4n) is 3.49. The molecule has 2 rings (SSSR count). The Morgan fingerprint density at radius 1 is 1.16 bits per heavy atom. The zero-order chi connectivity index (χ0) is 18.1. The second-order valence-corrected chi connectivity index (χ2v) is 7.59. The predicted octanol–water partition coefficient (Wildman–Crippen LogP) is 0.711. The first kappa shape index (κ1) is 20.0. The Balaban J connectivity index is 1.69. The Morgan fingerprint density at radius 2 is 1.84 bits per heavy atom. The summed E-state index contributed by atoms with van der Waals surface area (Å²) in [6, 6.07) is 0.346. The van der Waals surface area contributed by atoms with Crippen LogP contribution in [0, 0.1) is 0 Å². The summed E-state index contributed by atoms with van der Waals surface area (Å²) >= 11 is 0. The van der Waals surface area contributed by atoms with Crippen LogP contribution in [0.1, 0.15) is 46.0 Å². The molecule has 7 heteroatoms. The predicted molar refractivity (Wildman–Crippen MR) is 101 cm³/mol. The van der Waals surface area contributed by atoms with Gasteiger partial charge in [-0.25, -0.2) is 0 Å². The third-order valence-electron chi connectivity index (χ3n) is 5.17. The third kappa shape index (κ3) is 6.82. The van der Waals surface area contributed by atoms with Gasteiger partial charge in [-0.05, 0) is 26.7 Å². The summed E-state index contributed by atoms with van der Waals surface area (Å²) in [5, 5.41) is 9.58. The summed E-state index contributed by atoms with van der Waals surface area (Å²) in [6.45, 7) is 8.93. The highest BCUT2D eigenvalue weighted by Gasteiger charge is 2.28. The highest BCUT2D eigenvalue weighted by atomic mass is 16.5. The number of morpholine rings is 1. The Hall–Kier alpha value is -1.34. The number of nitrogens with zero attached hydrogens (tertiary/aromatic N) is 2. The molecular weight excluding hydrogens is 318 g/mol. The van der Waals surface area contributed by atoms with E-state index in [0.717, 1.165) is 45.7 Å². The molecule has 1 aliphatic heterocycles. The zero-order valence-corrected chi connectivity index (χ0v) is 16.1. The molecule has 7 nitrogen and oxygen atoms in total. The topological polar surface area (TPSA) is 78.0 Å². The molecule has 144 valence electrons. The van der Waals surface area contributed by atoms with Crippen LogP contribution in [-0.4, -0.2) is 74.8 Å². The maximum absolute atomic E-state index is 12.1. The Bertz CT molecular complexity index is 441. The number of aliphatic imine (C=N–C) groups is 1. The van der Waals surface area contributed by atoms with Gasteiger partial charge >= 0.3 is 0 Å². The van der Waals surface area contributed by atoms with Crippen molar-refractivity contribution in [3.8, 4) is 0 Å². The van der Waals surface area contributed by atoms with Crippen LogP contribution in [-0.2, 0) is 9.53 Å². The maximum atomic E-state index is 12.1. The van der Waals surface area contributed by atoms with Gasteiger partial charge in [-0.3, -0.25) is 14.7 Å². The van der Waals surface area contributed by atoms with E-state index in [9.17, 15) is 4.79 Å². The van der Waals surface area contributed by atoms with E-state index in [4.69, 9.17) is 4.74 Å². The van der Waals surface area contributed by atoms with Crippen molar-refractivity contribution in [2.75, 3.05) is 46.4 Å². The molecule has 25 heavy (non-hydrogen) atoms. The number of carbonyl (C=O) groups excluding carboxylic acids is 1. The van der Waals surface area contributed by atoms with Crippen molar-refractivity contribution in [1.29, 1.82) is 0 Å². The SMILES string of the molecule is CN=C(NCC(=O)NC1CCCCC1)NCC(C)(C)N1CCOCC1. The van der Waals surface area contributed by atoms with Crippen LogP contribution in [0.3, 0.4) is 0 Å². The van der Waals surface area contributed by atoms with Crippen molar-refractivity contribution in [2.24, 2.45) is 4.99 Å². The van der Waals surface area contributed by atoms with E-state index in [1.165, 1.54) is 19.3 Å². The summed E-state index contributed by atoms with van der Waals surface area (Å²) in [7, 11) is 1.73. The second kappa shape index (κ2) is 9.97. The molecule has 0 spiro atoms. The number of hydrogen-bond acceptors (Lipinski definition) is 4. The van der Waals surface area contributed by atoms with Crippen molar-refractivity contribution in [3.63, 3.8) is 0 Å². The van der Waals surface area contributed by atoms with Gasteiger partial charge < -0.3 is 20.7 Å². The lowest BCUT2D eigenvalue weighted by atomic mass is 9.95. The highest BCUT2D eigenvalue weighted by Crippen LogP contribution is 2.17. The Kier molecular flexibility index (Phi) is 7.96. The van der Waals surface area contributed by atoms with Crippen molar-refractivity contribution < 1.29 is 9.53 Å². The fourth-order valence-corrected chi connectivity index (χ4v) is 3.49. The minimum Gasteiger partial charge on any atom is -0.379 e. The van der Waals surface area contributed by atoms with Crippen molar-refractivity contribution in [1.82, 2.24) is 20.9 Å². The molecule has 1 aliphatic carbocycles. The lowest BCUT2D eigenvalue weighted by Crippen LogP contribution is -2.57. The smallest absolute Gasteiger partial charge is 0.239 e. The maximum Gasteiger partial charge on any atom is 0.239 e. The number of nitrogens with one attached hydrogen (secondary N) is 3. The number of amides is 1. The molecule has 0 radical (unpaired) electrons. The van der Waals surface area contributed by atoms with Gasteiger partial charge in [0.05, 0.1) is 19.8 Å². The molecular formula is C18H35N5O2. The number of rotatable bonds is 6. The van der Waals surface area contributed by atoms with Gasteiger partial charge in [-0.1, -0.05) is 19.3 Å². The van der Waals surface area contributed by atoms with Crippen LogP contribution in [0.4, 0.5) is 0 Å². The average Bonchev–Trinajstić information content (AvgIpc) is 2.63. The van der Waals surface area contributed by atoms with E-state index in [2.05, 4.69) is 39.7 Å². The van der Waals surface area contributed by atoms with Crippen LogP contribution in [0.25, 0.3) is 0 Å². The zero-order valence-electron chi connectivity index (χ0n) is 16.1. The summed E-state index contributed by atoms with van der Waals surface area (Å²) in [4.78, 5) is 18.8. The lowest BCUT2D eigenvalue weighted by Gasteiger charge is -2.41. The number of ether oxygens (including phenoxy) is 1. The summed E-state index contributed by atoms with van der Waals surface area (Å²) < 4.78 is 5.43. The molecule has 0 bridgehead atoms. The summed E-state index contributed by atoms with van der Waals surface area (Å²) in [5.74, 6) is 0.711. The lowest BCUT2D eigenvalue weighted by molar-refractivity contribution is -0.120. The second-order valence-electron chi connectivity index (χ2n) is 7.59. The van der Waals surface area contributed by atoms with E-state index >= 15 is 0 Å². The van der Waals surface area contributed by atoms with Crippen molar-refractivity contribution >= 4 is 11.9 Å². The van der Waals surface area contributed by atoms with Crippen LogP contribution in [0.15, 0.2) is 4.99 Å². The van der Waals surface area contributed by atoms with Gasteiger partial charge in [0.15, 0.2) is 5.96 Å². The van der Waals surface area contributed by atoms with Gasteiger partial charge in [0.1, 0.15) is 0 Å². The van der Waals surface area contributed by atoms with Crippen molar-refractivity contribution in [3.05, 3.63) is 0 Å². The summed E-state index contributed by atoms with van der Waals surface area (Å²) in [6.07, 6.45) is 5.94. The molecule has 1 saturated heterocycles. The normalized spacial score (nSPS) is 21.0. The molecule has 0 aromatic heterocycles. The third-order valence-corrected chi connectivity index (χ3v) is 5.17. The molecule has 2 aliphatic rings. The fraction of sp³-hybridized carbons (Fsp3) is 0.889. The Labute approximate surface area is 152 Å². The van der Waals surface area contributed by atoms with E-state index < -0.39 is 0 Å². The van der Waals surface area contributed by atoms with E-state index in [1.807, 2.05) is 0 Å². The molecule has 0 aromatic carbocycles. The Morgan fingerprint density at radius 3 is 2.48 bits per heavy atom. The van der Waals surface area contributed by atoms with Crippen LogP contribution >= 0.6 is 0 Å². The molecule has 1 saturated carbocycles. The van der Waals surface area contributed by atoms with Gasteiger partial charge in [-0.2, -0.15) is 0 Å². The molecule has 0 aromatic rings. The van der Waals surface area contributed by atoms with Gasteiger partial charge in [-0.15, -0.1) is 0 Å². The van der Waals surface area contributed by atoms with Gasteiger partial charge in [0.2, 0.25) is 5.91 Å². The minimum atomic E-state index is 0.00571. The van der Waals surface area contributed by atoms with E-state index in [-0.39, 0.29) is 18.0 Å². The average molecular weight is 354 g/mol. The van der Waals surface area contributed by atoms with Gasteiger partial charge in [0, 0.05) is 38.3 Å². The van der Waals surface area contributed by atoms with Crippen LogP contribution in [0.5, 0.6) is 0 Å². The monoisotopic (exact) mass is 353 g/mol. The highest BCUT2D eigenvalue weighted by molar-refractivity contribution is 5.86. The first-order valence-electron chi connectivity index (χ1n) is 9.58. The standard InChI is InChI=1S/C18H35N5O2/c1-18(2,23-9-11-25-12-10-23)14-21-17(19-3)20-13-16(24)22-15-7-5-4-6-8-15/h15H,4-14H2,1-3H3,(H,22,24)(H2,19,20,21). The molecule has 2 fully saturated rings. The van der Waals surface area contributed by atoms with Gasteiger partial charge in [0.25, 0.3) is 0 Å². The van der Waals surface area contributed by atoms with E-state index in [1.54, 1.807) is 7.05 Å². The molecule has 3 N–H and O–H groups in total. The number of hydrogen-bond donors (Lipinski definition) is 3. The first-order chi connectivity index (χ1) is 12.0. The quantitative estimate of drug-likeness (QED) is 0.484. The van der Waals surface area contributed by atoms with Crippen LogP contribution < -0.4 is 16.0 Å².